The highest BCUT2D eigenvalue weighted by Gasteiger charge is 2.21. The van der Waals surface area contributed by atoms with Crippen LogP contribution in [0.15, 0.2) is 18.2 Å². The van der Waals surface area contributed by atoms with Crippen LogP contribution in [-0.4, -0.2) is 17.6 Å². The van der Waals surface area contributed by atoms with E-state index in [2.05, 4.69) is 5.32 Å². The van der Waals surface area contributed by atoms with Gasteiger partial charge in [-0.25, -0.2) is 4.79 Å². The molecule has 0 fully saturated rings. The molecule has 4 nitrogen and oxygen atoms in total. The topological polar surface area (TPSA) is 75.3 Å². The zero-order valence-corrected chi connectivity index (χ0v) is 7.66. The van der Waals surface area contributed by atoms with Crippen molar-refractivity contribution in [1.82, 2.24) is 0 Å². The van der Waals surface area contributed by atoms with Gasteiger partial charge in [0, 0.05) is 12.6 Å². The van der Waals surface area contributed by atoms with Crippen molar-refractivity contribution >= 4 is 11.7 Å². The van der Waals surface area contributed by atoms with Crippen LogP contribution in [0.4, 0.5) is 5.69 Å². The third-order valence-corrected chi connectivity index (χ3v) is 2.48. The van der Waals surface area contributed by atoms with Crippen LogP contribution in [0.1, 0.15) is 28.4 Å². The number of fused-ring (bicyclic) bond motifs is 1. The molecule has 74 valence electrons. The number of nitrogens with two attached hydrogens (primary N) is 1. The summed E-state index contributed by atoms with van der Waals surface area (Å²) in [4.78, 5) is 10.9. The Morgan fingerprint density at radius 1 is 1.57 bits per heavy atom. The fraction of sp³-hybridized carbons (Fsp3) is 0.300. The number of hydrogen-bond donors (Lipinski definition) is 3. The minimum Gasteiger partial charge on any atom is -0.478 e. The molecular formula is C10H12N2O2. The summed E-state index contributed by atoms with van der Waals surface area (Å²) in [6, 6.07) is 5.14. The molecule has 0 saturated carbocycles. The Hall–Kier alpha value is -1.55. The van der Waals surface area contributed by atoms with E-state index in [0.29, 0.717) is 11.3 Å². The first-order valence-electron chi connectivity index (χ1n) is 4.56. The second kappa shape index (κ2) is 3.31. The van der Waals surface area contributed by atoms with Crippen LogP contribution >= 0.6 is 0 Å². The number of para-hydroxylation sites is 1. The van der Waals surface area contributed by atoms with E-state index in [9.17, 15) is 4.79 Å². The van der Waals surface area contributed by atoms with Crippen LogP contribution in [0.25, 0.3) is 0 Å². The molecule has 0 spiro atoms. The number of benzene rings is 1. The van der Waals surface area contributed by atoms with E-state index >= 15 is 0 Å². The molecule has 1 aliphatic heterocycles. The number of carboxylic acid groups (broad SMARTS) is 1. The van der Waals surface area contributed by atoms with E-state index in [1.54, 1.807) is 12.1 Å². The second-order valence-electron chi connectivity index (χ2n) is 3.40. The summed E-state index contributed by atoms with van der Waals surface area (Å²) < 4.78 is 0. The van der Waals surface area contributed by atoms with Crippen LogP contribution in [-0.2, 0) is 0 Å². The van der Waals surface area contributed by atoms with Crippen molar-refractivity contribution in [1.29, 1.82) is 0 Å². The van der Waals surface area contributed by atoms with Gasteiger partial charge in [0.15, 0.2) is 0 Å². The van der Waals surface area contributed by atoms with Crippen LogP contribution in [0.2, 0.25) is 0 Å². The maximum absolute atomic E-state index is 10.9. The van der Waals surface area contributed by atoms with Gasteiger partial charge in [-0.2, -0.15) is 0 Å². The lowest BCUT2D eigenvalue weighted by Gasteiger charge is -2.24. The van der Waals surface area contributed by atoms with Crippen LogP contribution < -0.4 is 11.1 Å². The molecule has 4 heteroatoms. The minimum atomic E-state index is -0.913. The lowest BCUT2D eigenvalue weighted by atomic mass is 9.95. The number of nitrogens with one attached hydrogen (secondary N) is 1. The summed E-state index contributed by atoms with van der Waals surface area (Å²) in [5, 5.41) is 12.0. The number of carbonyl (C=O) groups is 1. The standard InChI is InChI=1S/C10H12N2O2/c11-8-4-5-12-9-6(8)2-1-3-7(9)10(13)14/h1-3,8,12H,4-5,11H2,(H,13,14). The van der Waals surface area contributed by atoms with Gasteiger partial charge in [-0.05, 0) is 18.1 Å². The zero-order chi connectivity index (χ0) is 10.1. The molecule has 1 unspecified atom stereocenters. The van der Waals surface area contributed by atoms with Gasteiger partial charge in [0.2, 0.25) is 0 Å². The SMILES string of the molecule is NC1CCNc2c(C(=O)O)cccc21. The van der Waals surface area contributed by atoms with Gasteiger partial charge >= 0.3 is 5.97 Å². The third-order valence-electron chi connectivity index (χ3n) is 2.48. The fourth-order valence-electron chi connectivity index (χ4n) is 1.76. The summed E-state index contributed by atoms with van der Waals surface area (Å²) >= 11 is 0. The molecule has 1 heterocycles. The maximum atomic E-state index is 10.9. The molecule has 4 N–H and O–H groups in total. The highest BCUT2D eigenvalue weighted by molar-refractivity contribution is 5.95. The van der Waals surface area contributed by atoms with Crippen molar-refractivity contribution in [3.8, 4) is 0 Å². The van der Waals surface area contributed by atoms with Crippen LogP contribution in [0.5, 0.6) is 0 Å². The molecule has 0 radical (unpaired) electrons. The van der Waals surface area contributed by atoms with Crippen LogP contribution in [0, 0.1) is 0 Å². The Kier molecular flexibility index (Phi) is 2.13. The highest BCUT2D eigenvalue weighted by Crippen LogP contribution is 2.30. The molecule has 0 amide bonds. The monoisotopic (exact) mass is 192 g/mol. The van der Waals surface area contributed by atoms with E-state index in [0.717, 1.165) is 18.5 Å². The average molecular weight is 192 g/mol. The molecule has 0 bridgehead atoms. The van der Waals surface area contributed by atoms with E-state index in [-0.39, 0.29) is 6.04 Å². The van der Waals surface area contributed by atoms with E-state index < -0.39 is 5.97 Å². The second-order valence-corrected chi connectivity index (χ2v) is 3.40. The molecule has 1 aliphatic rings. The van der Waals surface area contributed by atoms with Gasteiger partial charge < -0.3 is 16.2 Å². The first kappa shape index (κ1) is 9.02. The first-order valence-corrected chi connectivity index (χ1v) is 4.56. The summed E-state index contributed by atoms with van der Waals surface area (Å²) in [5.74, 6) is -0.913. The number of aromatic carboxylic acids is 1. The Balaban J connectivity index is 2.55. The van der Waals surface area contributed by atoms with E-state index in [1.165, 1.54) is 0 Å². The lowest BCUT2D eigenvalue weighted by Crippen LogP contribution is -2.24. The van der Waals surface area contributed by atoms with E-state index in [4.69, 9.17) is 10.8 Å². The molecule has 1 atom stereocenters. The molecule has 0 saturated heterocycles. The summed E-state index contributed by atoms with van der Waals surface area (Å²) in [6.07, 6.45) is 0.843. The van der Waals surface area contributed by atoms with Gasteiger partial charge in [-0.3, -0.25) is 0 Å². The summed E-state index contributed by atoms with van der Waals surface area (Å²) in [5.41, 5.74) is 7.76. The zero-order valence-electron chi connectivity index (χ0n) is 7.66. The van der Waals surface area contributed by atoms with Crippen molar-refractivity contribution in [3.63, 3.8) is 0 Å². The molecular weight excluding hydrogens is 180 g/mol. The molecule has 2 rings (SSSR count). The normalized spacial score (nSPS) is 19.6. The Bertz CT molecular complexity index is 376. The van der Waals surface area contributed by atoms with Gasteiger partial charge in [-0.15, -0.1) is 0 Å². The quantitative estimate of drug-likeness (QED) is 0.625. The summed E-state index contributed by atoms with van der Waals surface area (Å²) in [7, 11) is 0. The molecule has 0 aliphatic carbocycles. The predicted octanol–water partition coefficient (Wildman–Crippen LogP) is 1.20. The van der Waals surface area contributed by atoms with Gasteiger partial charge in [0.05, 0.1) is 11.3 Å². The third kappa shape index (κ3) is 1.33. The first-order chi connectivity index (χ1) is 6.70. The molecule has 0 aromatic heterocycles. The van der Waals surface area contributed by atoms with Gasteiger partial charge in [0.1, 0.15) is 0 Å². The highest BCUT2D eigenvalue weighted by atomic mass is 16.4. The maximum Gasteiger partial charge on any atom is 0.337 e. The smallest absolute Gasteiger partial charge is 0.337 e. The van der Waals surface area contributed by atoms with Gasteiger partial charge in [0.25, 0.3) is 0 Å². The molecule has 1 aromatic carbocycles. The largest absolute Gasteiger partial charge is 0.478 e. The Labute approximate surface area is 81.7 Å². The number of hydrogen-bond acceptors (Lipinski definition) is 3. The number of rotatable bonds is 1. The van der Waals surface area contributed by atoms with Crippen molar-refractivity contribution in [2.75, 3.05) is 11.9 Å². The Morgan fingerprint density at radius 3 is 3.07 bits per heavy atom. The summed E-state index contributed by atoms with van der Waals surface area (Å²) in [6.45, 7) is 0.735. The van der Waals surface area contributed by atoms with Crippen molar-refractivity contribution in [3.05, 3.63) is 29.3 Å². The van der Waals surface area contributed by atoms with E-state index in [1.807, 2.05) is 6.07 Å². The Morgan fingerprint density at radius 2 is 2.36 bits per heavy atom. The molecule has 14 heavy (non-hydrogen) atoms. The predicted molar refractivity (Wildman–Crippen MR) is 53.4 cm³/mol. The number of anilines is 1. The number of carboxylic acids is 1. The lowest BCUT2D eigenvalue weighted by molar-refractivity contribution is 0.0697. The van der Waals surface area contributed by atoms with Crippen molar-refractivity contribution in [2.45, 2.75) is 12.5 Å². The minimum absolute atomic E-state index is 0.0504. The van der Waals surface area contributed by atoms with Gasteiger partial charge in [-0.1, -0.05) is 12.1 Å². The molecule has 1 aromatic rings. The fourth-order valence-corrected chi connectivity index (χ4v) is 1.76. The average Bonchev–Trinajstić information content (AvgIpc) is 2.17. The van der Waals surface area contributed by atoms with Crippen molar-refractivity contribution < 1.29 is 9.90 Å². The van der Waals surface area contributed by atoms with Crippen molar-refractivity contribution in [2.24, 2.45) is 5.73 Å². The van der Waals surface area contributed by atoms with Crippen LogP contribution in [0.3, 0.4) is 0 Å².